The Morgan fingerprint density at radius 2 is 1.46 bits per heavy atom. The summed E-state index contributed by atoms with van der Waals surface area (Å²) in [6.45, 7) is 0. The number of methoxy groups -OCH3 is 4. The minimum atomic E-state index is -1.10. The average Bonchev–Trinajstić information content (AvgIpc) is 3.17. The third kappa shape index (κ3) is 4.60. The number of ketones is 1. The molecule has 1 fully saturated rings. The van der Waals surface area contributed by atoms with Crippen molar-refractivity contribution in [3.8, 4) is 23.0 Å². The standard InChI is InChI=1S/C27H23BrFNO7/c1-34-19-10-5-14(11-18(19)28)24(31)22-23(15-12-20(35-2)26(37-4)21(13-15)36-3)30(27(33)25(22)32)17-8-6-16(29)7-9-17/h5-13,23,31H,1-4H3/b24-22+. The fourth-order valence-corrected chi connectivity index (χ4v) is 4.79. The SMILES string of the molecule is COc1ccc(/C(O)=C2\C(=O)C(=O)N(c3ccc(F)cc3)C2c2cc(OC)c(OC)c(OC)c2)cc1Br. The van der Waals surface area contributed by atoms with Crippen LogP contribution in [0.1, 0.15) is 17.2 Å². The van der Waals surface area contributed by atoms with Crippen LogP contribution in [-0.4, -0.2) is 45.2 Å². The Bertz CT molecular complexity index is 1380. The summed E-state index contributed by atoms with van der Waals surface area (Å²) >= 11 is 3.38. The molecule has 0 bridgehead atoms. The second-order valence-electron chi connectivity index (χ2n) is 7.95. The molecule has 1 aliphatic heterocycles. The Morgan fingerprint density at radius 3 is 1.97 bits per heavy atom. The van der Waals surface area contributed by atoms with E-state index in [2.05, 4.69) is 15.9 Å². The van der Waals surface area contributed by atoms with E-state index in [1.165, 1.54) is 57.6 Å². The van der Waals surface area contributed by atoms with Crippen LogP contribution < -0.4 is 23.8 Å². The number of hydrogen-bond acceptors (Lipinski definition) is 7. The van der Waals surface area contributed by atoms with Gasteiger partial charge in [-0.15, -0.1) is 0 Å². The normalized spacial score (nSPS) is 16.6. The molecule has 1 saturated heterocycles. The smallest absolute Gasteiger partial charge is 0.300 e. The first-order valence-corrected chi connectivity index (χ1v) is 11.7. The number of rotatable bonds is 7. The fraction of sp³-hybridized carbons (Fsp3) is 0.185. The number of aliphatic hydroxyl groups excluding tert-OH is 1. The van der Waals surface area contributed by atoms with E-state index in [1.54, 1.807) is 30.3 Å². The van der Waals surface area contributed by atoms with Crippen molar-refractivity contribution < 1.29 is 38.0 Å². The predicted molar refractivity (Wildman–Crippen MR) is 138 cm³/mol. The summed E-state index contributed by atoms with van der Waals surface area (Å²) < 4.78 is 35.8. The molecular weight excluding hydrogens is 549 g/mol. The molecule has 1 heterocycles. The van der Waals surface area contributed by atoms with E-state index in [-0.39, 0.29) is 28.3 Å². The van der Waals surface area contributed by atoms with Crippen molar-refractivity contribution >= 4 is 39.1 Å². The molecule has 8 nitrogen and oxygen atoms in total. The zero-order chi connectivity index (χ0) is 26.9. The fourth-order valence-electron chi connectivity index (χ4n) is 4.24. The van der Waals surface area contributed by atoms with Gasteiger partial charge in [-0.1, -0.05) is 0 Å². The molecule has 0 radical (unpaired) electrons. The van der Waals surface area contributed by atoms with Crippen LogP contribution in [0.5, 0.6) is 23.0 Å². The number of nitrogens with zero attached hydrogens (tertiary/aromatic N) is 1. The largest absolute Gasteiger partial charge is 0.507 e. The van der Waals surface area contributed by atoms with E-state index in [0.29, 0.717) is 21.5 Å². The Balaban J connectivity index is 2.01. The average molecular weight is 572 g/mol. The molecule has 0 saturated carbocycles. The zero-order valence-corrected chi connectivity index (χ0v) is 22.0. The first-order chi connectivity index (χ1) is 17.7. The van der Waals surface area contributed by atoms with Crippen LogP contribution in [0.4, 0.5) is 10.1 Å². The van der Waals surface area contributed by atoms with Crippen molar-refractivity contribution in [3.63, 3.8) is 0 Å². The number of aliphatic hydroxyl groups is 1. The summed E-state index contributed by atoms with van der Waals surface area (Å²) in [6, 6.07) is 12.0. The van der Waals surface area contributed by atoms with Crippen molar-refractivity contribution in [2.75, 3.05) is 33.3 Å². The first-order valence-electron chi connectivity index (χ1n) is 11.0. The zero-order valence-electron chi connectivity index (χ0n) is 20.4. The number of amides is 1. The molecule has 1 atom stereocenters. The minimum absolute atomic E-state index is 0.166. The van der Waals surface area contributed by atoms with Gasteiger partial charge in [-0.2, -0.15) is 0 Å². The van der Waals surface area contributed by atoms with Gasteiger partial charge >= 0.3 is 0 Å². The molecule has 3 aromatic rings. The van der Waals surface area contributed by atoms with E-state index in [4.69, 9.17) is 18.9 Å². The highest BCUT2D eigenvalue weighted by Crippen LogP contribution is 2.47. The van der Waals surface area contributed by atoms with Gasteiger partial charge in [0.1, 0.15) is 17.3 Å². The monoisotopic (exact) mass is 571 g/mol. The van der Waals surface area contributed by atoms with E-state index >= 15 is 0 Å². The lowest BCUT2D eigenvalue weighted by molar-refractivity contribution is -0.132. The molecule has 3 aromatic carbocycles. The van der Waals surface area contributed by atoms with Gasteiger partial charge in [-0.25, -0.2) is 4.39 Å². The van der Waals surface area contributed by atoms with Gasteiger partial charge in [-0.05, 0) is 76.1 Å². The third-order valence-corrected chi connectivity index (χ3v) is 6.60. The Morgan fingerprint density at radius 1 is 0.865 bits per heavy atom. The van der Waals surface area contributed by atoms with Gasteiger partial charge in [0.15, 0.2) is 11.5 Å². The highest BCUT2D eigenvalue weighted by atomic mass is 79.9. The number of carbonyl (C=O) groups excluding carboxylic acids is 2. The molecule has 1 amide bonds. The van der Waals surface area contributed by atoms with Crippen molar-refractivity contribution in [2.45, 2.75) is 6.04 Å². The Hall–Kier alpha value is -4.05. The van der Waals surface area contributed by atoms with Gasteiger partial charge in [0.05, 0.1) is 44.5 Å². The van der Waals surface area contributed by atoms with E-state index in [0.717, 1.165) is 0 Å². The molecule has 0 aromatic heterocycles. The van der Waals surface area contributed by atoms with Gasteiger partial charge in [0.2, 0.25) is 5.75 Å². The van der Waals surface area contributed by atoms with Gasteiger partial charge in [0.25, 0.3) is 11.7 Å². The van der Waals surface area contributed by atoms with Crippen LogP contribution in [0, 0.1) is 5.82 Å². The van der Waals surface area contributed by atoms with Crippen LogP contribution in [0.3, 0.4) is 0 Å². The quantitative estimate of drug-likeness (QED) is 0.235. The van der Waals surface area contributed by atoms with Crippen LogP contribution >= 0.6 is 15.9 Å². The molecular formula is C27H23BrFNO7. The summed E-state index contributed by atoms with van der Waals surface area (Å²) in [5, 5.41) is 11.4. The number of ether oxygens (including phenoxy) is 4. The number of benzene rings is 3. The highest BCUT2D eigenvalue weighted by Gasteiger charge is 2.47. The maximum Gasteiger partial charge on any atom is 0.300 e. The molecule has 0 aliphatic carbocycles. The summed E-state index contributed by atoms with van der Waals surface area (Å²) in [7, 11) is 5.82. The number of Topliss-reactive ketones (excluding diaryl/α,β-unsaturated/α-hetero) is 1. The lowest BCUT2D eigenvalue weighted by atomic mass is 9.94. The van der Waals surface area contributed by atoms with Crippen molar-refractivity contribution in [2.24, 2.45) is 0 Å². The summed E-state index contributed by atoms with van der Waals surface area (Å²) in [5.41, 5.74) is 0.771. The van der Waals surface area contributed by atoms with E-state index in [1.807, 2.05) is 0 Å². The van der Waals surface area contributed by atoms with Crippen LogP contribution in [0.2, 0.25) is 0 Å². The Kier molecular flexibility index (Phi) is 7.40. The lowest BCUT2D eigenvalue weighted by Gasteiger charge is -2.26. The predicted octanol–water partition coefficient (Wildman–Crippen LogP) is 5.25. The minimum Gasteiger partial charge on any atom is -0.507 e. The summed E-state index contributed by atoms with van der Waals surface area (Å²) in [5.74, 6) is -1.30. The lowest BCUT2D eigenvalue weighted by Crippen LogP contribution is -2.29. The van der Waals surface area contributed by atoms with E-state index in [9.17, 15) is 19.1 Å². The Labute approximate surface area is 220 Å². The number of halogens is 2. The number of carbonyl (C=O) groups is 2. The molecule has 1 unspecified atom stereocenters. The highest BCUT2D eigenvalue weighted by molar-refractivity contribution is 9.10. The van der Waals surface area contributed by atoms with Crippen molar-refractivity contribution in [3.05, 3.63) is 81.6 Å². The molecule has 1 aliphatic rings. The number of anilines is 1. The topological polar surface area (TPSA) is 94.5 Å². The molecule has 192 valence electrons. The maximum absolute atomic E-state index is 13.7. The van der Waals surface area contributed by atoms with Crippen LogP contribution in [0.25, 0.3) is 5.76 Å². The van der Waals surface area contributed by atoms with E-state index < -0.39 is 29.3 Å². The van der Waals surface area contributed by atoms with Crippen LogP contribution in [0.15, 0.2) is 64.6 Å². The van der Waals surface area contributed by atoms with Gasteiger partial charge in [0, 0.05) is 11.3 Å². The summed E-state index contributed by atoms with van der Waals surface area (Å²) in [4.78, 5) is 27.9. The van der Waals surface area contributed by atoms with Crippen molar-refractivity contribution in [1.29, 1.82) is 0 Å². The number of hydrogen-bond donors (Lipinski definition) is 1. The molecule has 0 spiro atoms. The second kappa shape index (κ2) is 10.5. The molecule has 37 heavy (non-hydrogen) atoms. The second-order valence-corrected chi connectivity index (χ2v) is 8.81. The first kappa shape index (κ1) is 26.0. The van der Waals surface area contributed by atoms with Gasteiger partial charge < -0.3 is 24.1 Å². The molecule has 4 rings (SSSR count). The molecule has 1 N–H and O–H groups in total. The maximum atomic E-state index is 13.7. The van der Waals surface area contributed by atoms with Gasteiger partial charge in [-0.3, -0.25) is 14.5 Å². The third-order valence-electron chi connectivity index (χ3n) is 5.98. The molecule has 10 heteroatoms. The summed E-state index contributed by atoms with van der Waals surface area (Å²) in [6.07, 6.45) is 0. The van der Waals surface area contributed by atoms with Crippen LogP contribution in [-0.2, 0) is 9.59 Å². The van der Waals surface area contributed by atoms with Crippen molar-refractivity contribution in [1.82, 2.24) is 0 Å².